The lowest BCUT2D eigenvalue weighted by Crippen LogP contribution is -2.56. The van der Waals surface area contributed by atoms with Crippen molar-refractivity contribution in [3.63, 3.8) is 0 Å². The molecule has 0 aromatic heterocycles. The molecule has 38 heavy (non-hydrogen) atoms. The number of amides is 3. The fraction of sp³-hybridized carbons (Fsp3) is 0.483. The van der Waals surface area contributed by atoms with Crippen molar-refractivity contribution >= 4 is 17.7 Å². The third-order valence-corrected chi connectivity index (χ3v) is 6.47. The normalized spacial score (nSPS) is 27.2. The first-order valence-electron chi connectivity index (χ1n) is 15.4. The lowest BCUT2D eigenvalue weighted by Gasteiger charge is -2.47. The number of carbonyl (C=O) groups excluding carboxylic acids is 3. The summed E-state index contributed by atoms with van der Waals surface area (Å²) < 4.78 is 80.5. The molecule has 0 bridgehead atoms. The number of morpholine rings is 1. The zero-order valence-corrected chi connectivity index (χ0v) is 21.7. The number of nitrogens with one attached hydrogen (secondary N) is 1. The molecule has 0 radical (unpaired) electrons. The summed E-state index contributed by atoms with van der Waals surface area (Å²) in [4.78, 5) is 39.7. The Labute approximate surface area is 230 Å². The molecular formula is C29H34FN3O5. The summed E-state index contributed by atoms with van der Waals surface area (Å²) in [6.45, 7) is -0.462. The fourth-order valence-electron chi connectivity index (χ4n) is 5.20. The Morgan fingerprint density at radius 2 is 1.79 bits per heavy atom. The largest absolute Gasteiger partial charge is 0.488 e. The van der Waals surface area contributed by atoms with Crippen molar-refractivity contribution in [1.82, 2.24) is 15.1 Å². The van der Waals surface area contributed by atoms with Crippen LogP contribution in [0.1, 0.15) is 75.8 Å². The SMILES string of the molecule is [2H]C([2H])(Oc1cccc2c1C([2H])([2H])N(C1CCC(=O)NC1=O)C2=O)c1cccc(C([2H])([2H])N2CC(C)(C)OC(C)(C)C2)c1F. The van der Waals surface area contributed by atoms with E-state index in [1.54, 1.807) is 27.7 Å². The van der Waals surface area contributed by atoms with Crippen LogP contribution < -0.4 is 10.1 Å². The van der Waals surface area contributed by atoms with E-state index < -0.39 is 77.2 Å². The van der Waals surface area contributed by atoms with Gasteiger partial charge in [0.05, 0.1) is 23.2 Å². The maximum Gasteiger partial charge on any atom is 0.255 e. The first-order chi connectivity index (χ1) is 20.2. The Morgan fingerprint density at radius 3 is 2.50 bits per heavy atom. The van der Waals surface area contributed by atoms with Gasteiger partial charge in [0.25, 0.3) is 5.91 Å². The molecule has 1 unspecified atom stereocenters. The summed E-state index contributed by atoms with van der Waals surface area (Å²) in [5.74, 6) is -3.79. The molecule has 202 valence electrons. The van der Waals surface area contributed by atoms with E-state index in [0.29, 0.717) is 4.90 Å². The van der Waals surface area contributed by atoms with E-state index in [1.165, 1.54) is 35.2 Å². The fourth-order valence-corrected chi connectivity index (χ4v) is 5.20. The smallest absolute Gasteiger partial charge is 0.255 e. The van der Waals surface area contributed by atoms with Gasteiger partial charge in [-0.25, -0.2) is 4.39 Å². The number of imide groups is 1. The van der Waals surface area contributed by atoms with Crippen molar-refractivity contribution < 1.29 is 36.5 Å². The van der Waals surface area contributed by atoms with Gasteiger partial charge in [0, 0.05) is 51.0 Å². The van der Waals surface area contributed by atoms with Crippen LogP contribution in [0.25, 0.3) is 0 Å². The molecule has 8 nitrogen and oxygen atoms in total. The molecule has 0 saturated carbocycles. The standard InChI is InChI=1S/C29H34FN3O5/c1-28(2)16-32(17-29(3,4)38-28)13-18-7-5-8-19(25(18)30)15-37-23-10-6-9-20-21(23)14-33(27(20)36)22-11-12-24(34)31-26(22)35/h5-10,22H,11-17H2,1-4H3,(H,31,34,35)/i13D2,14D2,15D2. The molecule has 1 atom stereocenters. The van der Waals surface area contributed by atoms with Crippen LogP contribution in [0.2, 0.25) is 0 Å². The second-order valence-electron chi connectivity index (χ2n) is 10.9. The predicted molar refractivity (Wildman–Crippen MR) is 138 cm³/mol. The van der Waals surface area contributed by atoms with E-state index >= 15 is 4.39 Å². The Morgan fingerprint density at radius 1 is 1.11 bits per heavy atom. The summed E-state index contributed by atoms with van der Waals surface area (Å²) in [5, 5.41) is 2.11. The van der Waals surface area contributed by atoms with Crippen molar-refractivity contribution in [3.05, 3.63) is 64.5 Å². The molecular weight excluding hydrogens is 489 g/mol. The van der Waals surface area contributed by atoms with Gasteiger partial charge in [-0.05, 0) is 46.2 Å². The van der Waals surface area contributed by atoms with Crippen molar-refractivity contribution in [2.75, 3.05) is 13.1 Å². The Balaban J connectivity index is 1.49. The minimum absolute atomic E-state index is 0.0962. The molecule has 2 fully saturated rings. The summed E-state index contributed by atoms with van der Waals surface area (Å²) in [5.41, 5.74) is -3.04. The van der Waals surface area contributed by atoms with Crippen LogP contribution in [0.4, 0.5) is 4.39 Å². The Bertz CT molecular complexity index is 1530. The maximum atomic E-state index is 16.1. The molecule has 3 amide bonds. The average Bonchev–Trinajstić information content (AvgIpc) is 3.07. The Hall–Kier alpha value is -3.30. The molecule has 2 aromatic rings. The highest BCUT2D eigenvalue weighted by atomic mass is 19.1. The van der Waals surface area contributed by atoms with Crippen LogP contribution in [0.3, 0.4) is 0 Å². The minimum Gasteiger partial charge on any atom is -0.488 e. The number of benzene rings is 2. The van der Waals surface area contributed by atoms with Crippen LogP contribution in [0, 0.1) is 5.82 Å². The highest BCUT2D eigenvalue weighted by molar-refractivity contribution is 6.05. The number of rotatable bonds is 6. The van der Waals surface area contributed by atoms with Gasteiger partial charge in [-0.3, -0.25) is 24.6 Å². The van der Waals surface area contributed by atoms with E-state index in [2.05, 4.69) is 5.32 Å². The third kappa shape index (κ3) is 5.31. The van der Waals surface area contributed by atoms with E-state index in [1.807, 2.05) is 0 Å². The van der Waals surface area contributed by atoms with Gasteiger partial charge in [0.15, 0.2) is 0 Å². The monoisotopic (exact) mass is 529 g/mol. The number of piperidine rings is 1. The summed E-state index contributed by atoms with van der Waals surface area (Å²) in [6.07, 6.45) is -0.195. The quantitative estimate of drug-likeness (QED) is 0.576. The van der Waals surface area contributed by atoms with Crippen LogP contribution in [-0.4, -0.2) is 57.9 Å². The lowest BCUT2D eigenvalue weighted by molar-refractivity contribution is -0.182. The second-order valence-corrected chi connectivity index (χ2v) is 10.9. The molecule has 5 rings (SSSR count). The van der Waals surface area contributed by atoms with E-state index in [4.69, 9.17) is 17.7 Å². The number of ether oxygens (including phenoxy) is 2. The van der Waals surface area contributed by atoms with Crippen LogP contribution in [-0.2, 0) is 33.9 Å². The molecule has 2 aromatic carbocycles. The van der Waals surface area contributed by atoms with E-state index in [9.17, 15) is 14.4 Å². The number of hydrogen-bond acceptors (Lipinski definition) is 6. The van der Waals surface area contributed by atoms with E-state index in [0.717, 1.165) is 6.07 Å². The van der Waals surface area contributed by atoms with Gasteiger partial charge < -0.3 is 14.4 Å². The summed E-state index contributed by atoms with van der Waals surface area (Å²) in [7, 11) is 0. The van der Waals surface area contributed by atoms with Gasteiger partial charge in [0.1, 0.15) is 24.2 Å². The van der Waals surface area contributed by atoms with Crippen LogP contribution in [0.5, 0.6) is 5.75 Å². The molecule has 3 heterocycles. The Kier molecular flexibility index (Phi) is 5.08. The van der Waals surface area contributed by atoms with Gasteiger partial charge >= 0.3 is 0 Å². The summed E-state index contributed by atoms with van der Waals surface area (Å²) in [6, 6.07) is 6.25. The molecule has 3 aliphatic heterocycles. The number of nitrogens with zero attached hydrogens (tertiary/aromatic N) is 2. The zero-order valence-electron chi connectivity index (χ0n) is 27.7. The number of carbonyl (C=O) groups is 3. The van der Waals surface area contributed by atoms with Crippen molar-refractivity contribution in [3.8, 4) is 5.75 Å². The number of fused-ring (bicyclic) bond motifs is 1. The summed E-state index contributed by atoms with van der Waals surface area (Å²) >= 11 is 0. The third-order valence-electron chi connectivity index (χ3n) is 6.47. The topological polar surface area (TPSA) is 88.2 Å². The van der Waals surface area contributed by atoms with Crippen molar-refractivity contribution in [1.29, 1.82) is 0 Å². The second kappa shape index (κ2) is 9.78. The lowest BCUT2D eigenvalue weighted by atomic mass is 9.98. The molecule has 3 aliphatic rings. The molecule has 2 saturated heterocycles. The molecule has 0 spiro atoms. The zero-order chi connectivity index (χ0) is 32.6. The van der Waals surface area contributed by atoms with Gasteiger partial charge in [-0.2, -0.15) is 0 Å². The molecule has 0 aliphatic carbocycles. The van der Waals surface area contributed by atoms with Gasteiger partial charge in [-0.15, -0.1) is 0 Å². The highest BCUT2D eigenvalue weighted by Gasteiger charge is 2.40. The highest BCUT2D eigenvalue weighted by Crippen LogP contribution is 2.34. The molecule has 9 heteroatoms. The first kappa shape index (κ1) is 19.7. The maximum absolute atomic E-state index is 16.1. The van der Waals surface area contributed by atoms with Gasteiger partial charge in [0.2, 0.25) is 11.8 Å². The average molecular weight is 530 g/mol. The van der Waals surface area contributed by atoms with Crippen LogP contribution >= 0.6 is 0 Å². The number of hydrogen-bond donors (Lipinski definition) is 1. The minimum atomic E-state index is -2.95. The predicted octanol–water partition coefficient (Wildman–Crippen LogP) is 3.56. The van der Waals surface area contributed by atoms with Crippen molar-refractivity contribution in [2.45, 2.75) is 77.3 Å². The first-order valence-corrected chi connectivity index (χ1v) is 12.4. The van der Waals surface area contributed by atoms with Crippen LogP contribution in [0.15, 0.2) is 36.4 Å². The molecule has 1 N–H and O–H groups in total. The number of halogens is 1. The van der Waals surface area contributed by atoms with Gasteiger partial charge in [-0.1, -0.05) is 24.3 Å². The van der Waals surface area contributed by atoms with E-state index in [-0.39, 0.29) is 37.1 Å². The van der Waals surface area contributed by atoms with Crippen molar-refractivity contribution in [2.24, 2.45) is 0 Å².